The maximum absolute atomic E-state index is 12.9. The van der Waals surface area contributed by atoms with Crippen molar-refractivity contribution in [2.75, 3.05) is 0 Å². The smallest absolute Gasteiger partial charge is 0.336 e. The van der Waals surface area contributed by atoms with Gasteiger partial charge in [-0.25, -0.2) is 0 Å². The maximum atomic E-state index is 12.9. The van der Waals surface area contributed by atoms with E-state index in [9.17, 15) is 26.3 Å². The molecule has 4 rings (SSSR count). The van der Waals surface area contributed by atoms with Crippen LogP contribution in [0.25, 0.3) is 22.5 Å². The van der Waals surface area contributed by atoms with Gasteiger partial charge in [0.2, 0.25) is 0 Å². The molecule has 0 spiro atoms. The summed E-state index contributed by atoms with van der Waals surface area (Å²) in [5.74, 6) is 0. The van der Waals surface area contributed by atoms with Crippen LogP contribution in [0.4, 0.5) is 26.3 Å². The summed E-state index contributed by atoms with van der Waals surface area (Å²) >= 11 is 0. The van der Waals surface area contributed by atoms with Gasteiger partial charge in [0.25, 0.3) is 0 Å². The third-order valence-corrected chi connectivity index (χ3v) is 5.18. The van der Waals surface area contributed by atoms with Crippen LogP contribution in [-0.2, 0) is 18.9 Å². The Morgan fingerprint density at radius 2 is 0.906 bits per heavy atom. The summed E-state index contributed by atoms with van der Waals surface area (Å²) in [4.78, 5) is 0. The van der Waals surface area contributed by atoms with E-state index in [1.807, 2.05) is 34.9 Å². The summed E-state index contributed by atoms with van der Waals surface area (Å²) in [6, 6.07) is 22.6. The molecule has 0 saturated carbocycles. The van der Waals surface area contributed by atoms with Crippen molar-refractivity contribution in [3.63, 3.8) is 0 Å². The molecular formula is C25H17F6N. The van der Waals surface area contributed by atoms with E-state index in [0.717, 1.165) is 29.8 Å². The highest BCUT2D eigenvalue weighted by Crippen LogP contribution is 2.35. The van der Waals surface area contributed by atoms with Crippen LogP contribution in [0.15, 0.2) is 91.0 Å². The summed E-state index contributed by atoms with van der Waals surface area (Å²) in [5, 5.41) is 0. The molecule has 32 heavy (non-hydrogen) atoms. The molecule has 0 amide bonds. The first-order valence-corrected chi connectivity index (χ1v) is 9.71. The fraction of sp³-hybridized carbons (Fsp3) is 0.120. The Bertz CT molecular complexity index is 1110. The lowest BCUT2D eigenvalue weighted by molar-refractivity contribution is -0.138. The van der Waals surface area contributed by atoms with Gasteiger partial charge in [0.1, 0.15) is 0 Å². The summed E-state index contributed by atoms with van der Waals surface area (Å²) < 4.78 is 79.6. The van der Waals surface area contributed by atoms with Crippen LogP contribution in [0.2, 0.25) is 0 Å². The average Bonchev–Trinajstić information content (AvgIpc) is 3.17. The lowest BCUT2D eigenvalue weighted by atomic mass is 10.1. The van der Waals surface area contributed by atoms with Crippen LogP contribution < -0.4 is 0 Å². The zero-order valence-corrected chi connectivity index (χ0v) is 16.6. The van der Waals surface area contributed by atoms with Crippen molar-refractivity contribution in [1.29, 1.82) is 0 Å². The largest absolute Gasteiger partial charge is 0.416 e. The minimum Gasteiger partial charge on any atom is -0.336 e. The maximum Gasteiger partial charge on any atom is 0.416 e. The zero-order chi connectivity index (χ0) is 22.9. The first kappa shape index (κ1) is 21.7. The highest BCUT2D eigenvalue weighted by molar-refractivity contribution is 5.70. The number of rotatable bonds is 4. The minimum atomic E-state index is -4.43. The molecule has 1 nitrogen and oxygen atoms in total. The molecule has 0 aliphatic rings. The van der Waals surface area contributed by atoms with Crippen molar-refractivity contribution in [3.05, 3.63) is 108 Å². The highest BCUT2D eigenvalue weighted by Gasteiger charge is 2.31. The molecule has 3 aromatic carbocycles. The average molecular weight is 445 g/mol. The second-order valence-electron chi connectivity index (χ2n) is 7.33. The molecule has 0 radical (unpaired) electrons. The lowest BCUT2D eigenvalue weighted by Gasteiger charge is -2.16. The second kappa shape index (κ2) is 8.22. The molecule has 0 aliphatic carbocycles. The molecule has 1 aromatic heterocycles. The SMILES string of the molecule is FC(F)(F)c1ccc(-c2ccc(-c3ccc(C(F)(F)F)cc3)n2Cc2ccccc2)cc1. The topological polar surface area (TPSA) is 4.93 Å². The molecule has 0 atom stereocenters. The van der Waals surface area contributed by atoms with E-state index >= 15 is 0 Å². The molecule has 0 aliphatic heterocycles. The predicted octanol–water partition coefficient (Wildman–Crippen LogP) is 7.91. The van der Waals surface area contributed by atoms with Gasteiger partial charge in [-0.3, -0.25) is 0 Å². The van der Waals surface area contributed by atoms with Gasteiger partial charge in [0, 0.05) is 17.9 Å². The first-order valence-electron chi connectivity index (χ1n) is 9.71. The third kappa shape index (κ3) is 4.56. The van der Waals surface area contributed by atoms with Crippen molar-refractivity contribution in [1.82, 2.24) is 4.57 Å². The molecule has 1 heterocycles. The fourth-order valence-corrected chi connectivity index (χ4v) is 3.57. The van der Waals surface area contributed by atoms with Crippen LogP contribution >= 0.6 is 0 Å². The number of aromatic nitrogens is 1. The predicted molar refractivity (Wildman–Crippen MR) is 111 cm³/mol. The molecule has 0 fully saturated rings. The zero-order valence-electron chi connectivity index (χ0n) is 16.6. The summed E-state index contributed by atoms with van der Waals surface area (Å²) in [5.41, 5.74) is 1.94. The van der Waals surface area contributed by atoms with Crippen molar-refractivity contribution in [2.45, 2.75) is 18.9 Å². The van der Waals surface area contributed by atoms with Crippen molar-refractivity contribution < 1.29 is 26.3 Å². The summed E-state index contributed by atoms with van der Waals surface area (Å²) in [6.45, 7) is 0.403. The molecule has 0 N–H and O–H groups in total. The number of nitrogens with zero attached hydrogens (tertiary/aromatic N) is 1. The Kier molecular flexibility index (Phi) is 5.59. The normalized spacial score (nSPS) is 12.2. The van der Waals surface area contributed by atoms with Crippen LogP contribution in [0.1, 0.15) is 16.7 Å². The van der Waals surface area contributed by atoms with E-state index in [-0.39, 0.29) is 0 Å². The fourth-order valence-electron chi connectivity index (χ4n) is 3.57. The molecular weight excluding hydrogens is 428 g/mol. The molecule has 0 bridgehead atoms. The van der Waals surface area contributed by atoms with Gasteiger partial charge < -0.3 is 4.57 Å². The van der Waals surface area contributed by atoms with Crippen LogP contribution in [-0.4, -0.2) is 4.57 Å². The van der Waals surface area contributed by atoms with E-state index in [1.165, 1.54) is 24.3 Å². The van der Waals surface area contributed by atoms with Crippen LogP contribution in [0.5, 0.6) is 0 Å². The van der Waals surface area contributed by atoms with Crippen molar-refractivity contribution in [3.8, 4) is 22.5 Å². The minimum absolute atomic E-state index is 0.403. The molecule has 4 aromatic rings. The Labute approximate surface area is 180 Å². The van der Waals surface area contributed by atoms with Gasteiger partial charge in [-0.15, -0.1) is 0 Å². The highest BCUT2D eigenvalue weighted by atomic mass is 19.4. The van der Waals surface area contributed by atoms with E-state index < -0.39 is 23.5 Å². The number of alkyl halides is 6. The number of hydrogen-bond acceptors (Lipinski definition) is 0. The van der Waals surface area contributed by atoms with Gasteiger partial charge in [-0.1, -0.05) is 54.6 Å². The number of halogens is 6. The summed E-state index contributed by atoms with van der Waals surface area (Å²) in [7, 11) is 0. The number of benzene rings is 3. The monoisotopic (exact) mass is 445 g/mol. The van der Waals surface area contributed by atoms with Crippen LogP contribution in [0, 0.1) is 0 Å². The van der Waals surface area contributed by atoms with Gasteiger partial charge in [-0.2, -0.15) is 26.3 Å². The Balaban J connectivity index is 1.78. The lowest BCUT2D eigenvalue weighted by Crippen LogP contribution is -2.06. The molecule has 0 saturated heterocycles. The van der Waals surface area contributed by atoms with E-state index in [1.54, 1.807) is 12.1 Å². The Morgan fingerprint density at radius 1 is 0.500 bits per heavy atom. The van der Waals surface area contributed by atoms with Crippen molar-refractivity contribution in [2.24, 2.45) is 0 Å². The second-order valence-corrected chi connectivity index (χ2v) is 7.33. The standard InChI is InChI=1S/C25H17F6N/c26-24(27,28)20-10-6-18(7-11-20)22-14-15-23(32(22)16-17-4-2-1-3-5-17)19-8-12-21(13-9-19)25(29,30)31/h1-15H,16H2. The molecule has 0 unspecified atom stereocenters. The van der Waals surface area contributed by atoms with Gasteiger partial charge in [-0.05, 0) is 53.1 Å². The van der Waals surface area contributed by atoms with Crippen LogP contribution in [0.3, 0.4) is 0 Å². The number of hydrogen-bond donors (Lipinski definition) is 0. The molecule has 7 heteroatoms. The Hall–Kier alpha value is -3.48. The molecule has 164 valence electrons. The van der Waals surface area contributed by atoms with Gasteiger partial charge in [0.05, 0.1) is 11.1 Å². The van der Waals surface area contributed by atoms with E-state index in [2.05, 4.69) is 0 Å². The van der Waals surface area contributed by atoms with Crippen molar-refractivity contribution >= 4 is 0 Å². The van der Waals surface area contributed by atoms with Gasteiger partial charge in [0.15, 0.2) is 0 Å². The van der Waals surface area contributed by atoms with Gasteiger partial charge >= 0.3 is 12.4 Å². The van der Waals surface area contributed by atoms with E-state index in [4.69, 9.17) is 0 Å². The summed E-state index contributed by atoms with van der Waals surface area (Å²) in [6.07, 6.45) is -8.87. The Morgan fingerprint density at radius 3 is 1.28 bits per heavy atom. The first-order chi connectivity index (χ1) is 15.1. The quantitative estimate of drug-likeness (QED) is 0.281. The third-order valence-electron chi connectivity index (χ3n) is 5.18. The van der Waals surface area contributed by atoms with E-state index in [0.29, 0.717) is 29.1 Å².